The minimum Gasteiger partial charge on any atom is -0.489 e. The van der Waals surface area contributed by atoms with Gasteiger partial charge in [0.15, 0.2) is 0 Å². The lowest BCUT2D eigenvalue weighted by atomic mass is 10.1. The molecule has 0 bridgehead atoms. The van der Waals surface area contributed by atoms with Crippen LogP contribution in [0.1, 0.15) is 48.3 Å². The van der Waals surface area contributed by atoms with Gasteiger partial charge < -0.3 is 10.1 Å². The Labute approximate surface area is 196 Å². The molecule has 0 heterocycles. The van der Waals surface area contributed by atoms with Crippen LogP contribution in [0.2, 0.25) is 0 Å². The maximum Gasteiger partial charge on any atom is 0.252 e. The van der Waals surface area contributed by atoms with Gasteiger partial charge in [0, 0.05) is 24.2 Å². The van der Waals surface area contributed by atoms with Crippen molar-refractivity contribution in [1.82, 2.24) is 9.62 Å². The molecule has 6 nitrogen and oxygen atoms in total. The molecule has 0 radical (unpaired) electrons. The molecule has 1 atom stereocenters. The molecular formula is C26H30N2O4S. The zero-order chi connectivity index (χ0) is 23.8. The van der Waals surface area contributed by atoms with Crippen molar-refractivity contribution >= 4 is 15.9 Å². The van der Waals surface area contributed by atoms with Crippen molar-refractivity contribution < 1.29 is 17.9 Å². The van der Waals surface area contributed by atoms with Gasteiger partial charge in [-0.3, -0.25) is 4.79 Å². The normalized spacial score (nSPS) is 12.4. The van der Waals surface area contributed by atoms with Crippen molar-refractivity contribution in [3.05, 3.63) is 95.6 Å². The number of ether oxygens (including phenoxy) is 1. The van der Waals surface area contributed by atoms with Crippen LogP contribution in [0.3, 0.4) is 0 Å². The van der Waals surface area contributed by atoms with Crippen LogP contribution in [-0.2, 0) is 16.6 Å². The van der Waals surface area contributed by atoms with Crippen molar-refractivity contribution in [2.45, 2.75) is 38.3 Å². The molecule has 3 aromatic rings. The summed E-state index contributed by atoms with van der Waals surface area (Å²) in [6.07, 6.45) is 0. The van der Waals surface area contributed by atoms with Crippen molar-refractivity contribution in [1.29, 1.82) is 0 Å². The van der Waals surface area contributed by atoms with Crippen LogP contribution >= 0.6 is 0 Å². The molecule has 0 aliphatic carbocycles. The fraction of sp³-hybridized carbons (Fsp3) is 0.269. The highest BCUT2D eigenvalue weighted by molar-refractivity contribution is 7.89. The molecule has 174 valence electrons. The molecule has 0 saturated heterocycles. The summed E-state index contributed by atoms with van der Waals surface area (Å²) in [6, 6.07) is 23.1. The van der Waals surface area contributed by atoms with E-state index in [1.165, 1.54) is 4.31 Å². The van der Waals surface area contributed by atoms with E-state index in [1.807, 2.05) is 69.3 Å². The number of hydrogen-bond donors (Lipinski definition) is 1. The van der Waals surface area contributed by atoms with E-state index in [1.54, 1.807) is 30.3 Å². The second-order valence-corrected chi connectivity index (χ2v) is 9.55. The second kappa shape index (κ2) is 11.1. The maximum atomic E-state index is 13.0. The first-order valence-corrected chi connectivity index (χ1v) is 12.5. The number of hydrogen-bond acceptors (Lipinski definition) is 4. The number of sulfonamides is 1. The molecule has 0 spiro atoms. The van der Waals surface area contributed by atoms with Crippen LogP contribution in [0.5, 0.6) is 5.75 Å². The molecule has 0 fully saturated rings. The van der Waals surface area contributed by atoms with Gasteiger partial charge in [-0.25, -0.2) is 8.42 Å². The fourth-order valence-corrected chi connectivity index (χ4v) is 5.00. The lowest BCUT2D eigenvalue weighted by Gasteiger charge is -2.20. The van der Waals surface area contributed by atoms with Crippen LogP contribution in [0, 0.1) is 0 Å². The van der Waals surface area contributed by atoms with E-state index in [4.69, 9.17) is 4.74 Å². The first kappa shape index (κ1) is 24.5. The van der Waals surface area contributed by atoms with Gasteiger partial charge in [0.25, 0.3) is 5.91 Å². The molecule has 0 saturated carbocycles. The number of carbonyl (C=O) groups is 1. The van der Waals surface area contributed by atoms with Crippen molar-refractivity contribution in [2.24, 2.45) is 0 Å². The maximum absolute atomic E-state index is 13.0. The van der Waals surface area contributed by atoms with Gasteiger partial charge in [0.2, 0.25) is 10.0 Å². The molecule has 7 heteroatoms. The summed E-state index contributed by atoms with van der Waals surface area (Å²) in [5.74, 6) is 0.524. The Bertz CT molecular complexity index is 1160. The van der Waals surface area contributed by atoms with E-state index in [0.29, 0.717) is 18.7 Å². The van der Waals surface area contributed by atoms with E-state index in [0.717, 1.165) is 16.9 Å². The van der Waals surface area contributed by atoms with Gasteiger partial charge in [-0.15, -0.1) is 0 Å². The van der Waals surface area contributed by atoms with E-state index in [-0.39, 0.29) is 23.5 Å². The monoisotopic (exact) mass is 466 g/mol. The van der Waals surface area contributed by atoms with E-state index in [2.05, 4.69) is 5.32 Å². The molecule has 3 rings (SSSR count). The Balaban J connectivity index is 1.70. The first-order chi connectivity index (χ1) is 15.9. The third-order valence-corrected chi connectivity index (χ3v) is 7.53. The second-order valence-electron chi connectivity index (χ2n) is 7.61. The molecule has 1 amide bonds. The predicted molar refractivity (Wildman–Crippen MR) is 130 cm³/mol. The number of nitrogens with zero attached hydrogens (tertiary/aromatic N) is 1. The van der Waals surface area contributed by atoms with Crippen molar-refractivity contribution in [3.8, 4) is 5.75 Å². The summed E-state index contributed by atoms with van der Waals surface area (Å²) in [5, 5.41) is 3.00. The Morgan fingerprint density at radius 3 is 2.15 bits per heavy atom. The lowest BCUT2D eigenvalue weighted by Crippen LogP contribution is -2.30. The van der Waals surface area contributed by atoms with E-state index in [9.17, 15) is 13.2 Å². The highest BCUT2D eigenvalue weighted by Crippen LogP contribution is 2.21. The smallest absolute Gasteiger partial charge is 0.252 e. The summed E-state index contributed by atoms with van der Waals surface area (Å²) in [4.78, 5) is 13.2. The molecule has 0 unspecified atom stereocenters. The Morgan fingerprint density at radius 2 is 1.52 bits per heavy atom. The number of benzene rings is 3. The molecule has 1 N–H and O–H groups in total. The zero-order valence-corrected chi connectivity index (χ0v) is 20.0. The molecular weight excluding hydrogens is 436 g/mol. The van der Waals surface area contributed by atoms with Gasteiger partial charge in [-0.1, -0.05) is 62.4 Å². The minimum absolute atomic E-state index is 0.213. The van der Waals surface area contributed by atoms with E-state index < -0.39 is 10.0 Å². The van der Waals surface area contributed by atoms with Gasteiger partial charge in [-0.05, 0) is 42.8 Å². The SMILES string of the molecule is CCN(CC)S(=O)(=O)c1ccc([C@@H](C)NC(=O)c2ccccc2COc2ccccc2)cc1. The molecule has 33 heavy (non-hydrogen) atoms. The summed E-state index contributed by atoms with van der Waals surface area (Å²) < 4.78 is 32.6. The van der Waals surface area contributed by atoms with Crippen molar-refractivity contribution in [3.63, 3.8) is 0 Å². The molecule has 0 aliphatic rings. The first-order valence-electron chi connectivity index (χ1n) is 11.0. The fourth-order valence-electron chi connectivity index (χ4n) is 3.54. The standard InChI is InChI=1S/C26H30N2O4S/c1-4-28(5-2)33(30,31)24-17-15-21(16-18-24)20(3)27-26(29)25-14-10-9-11-22(25)19-32-23-12-7-6-8-13-23/h6-18,20H,4-5,19H2,1-3H3,(H,27,29)/t20-/m1/s1. The highest BCUT2D eigenvalue weighted by atomic mass is 32.2. The Morgan fingerprint density at radius 1 is 0.909 bits per heavy atom. The quantitative estimate of drug-likeness (QED) is 0.466. The summed E-state index contributed by atoms with van der Waals surface area (Å²) in [5.41, 5.74) is 2.15. The van der Waals surface area contributed by atoms with Crippen LogP contribution in [-0.4, -0.2) is 31.7 Å². The third-order valence-electron chi connectivity index (χ3n) is 5.47. The zero-order valence-electron chi connectivity index (χ0n) is 19.2. The number of amides is 1. The Kier molecular flexibility index (Phi) is 8.25. The Hall–Kier alpha value is -3.16. The number of nitrogens with one attached hydrogen (secondary N) is 1. The van der Waals surface area contributed by atoms with Crippen LogP contribution in [0.4, 0.5) is 0 Å². The van der Waals surface area contributed by atoms with Gasteiger partial charge >= 0.3 is 0 Å². The van der Waals surface area contributed by atoms with Gasteiger partial charge in [-0.2, -0.15) is 4.31 Å². The van der Waals surface area contributed by atoms with Crippen LogP contribution in [0.25, 0.3) is 0 Å². The van der Waals surface area contributed by atoms with Crippen LogP contribution < -0.4 is 10.1 Å². The average molecular weight is 467 g/mol. The molecule has 3 aromatic carbocycles. The largest absolute Gasteiger partial charge is 0.489 e. The average Bonchev–Trinajstić information content (AvgIpc) is 2.84. The van der Waals surface area contributed by atoms with Gasteiger partial charge in [0.1, 0.15) is 12.4 Å². The highest BCUT2D eigenvalue weighted by Gasteiger charge is 2.22. The number of rotatable bonds is 10. The predicted octanol–water partition coefficient (Wildman–Crippen LogP) is 4.79. The number of carbonyl (C=O) groups excluding carboxylic acids is 1. The third kappa shape index (κ3) is 6.00. The lowest BCUT2D eigenvalue weighted by molar-refractivity contribution is 0.0937. The topological polar surface area (TPSA) is 75.7 Å². The van der Waals surface area contributed by atoms with Crippen LogP contribution in [0.15, 0.2) is 83.8 Å². The minimum atomic E-state index is -3.51. The van der Waals surface area contributed by atoms with Gasteiger partial charge in [0.05, 0.1) is 10.9 Å². The summed E-state index contributed by atoms with van der Waals surface area (Å²) in [6.45, 7) is 6.61. The van der Waals surface area contributed by atoms with Crippen molar-refractivity contribution in [2.75, 3.05) is 13.1 Å². The summed E-state index contributed by atoms with van der Waals surface area (Å²) in [7, 11) is -3.51. The molecule has 0 aromatic heterocycles. The van der Waals surface area contributed by atoms with E-state index >= 15 is 0 Å². The molecule has 0 aliphatic heterocycles. The number of para-hydroxylation sites is 1. The summed E-state index contributed by atoms with van der Waals surface area (Å²) >= 11 is 0.